The van der Waals surface area contributed by atoms with Crippen LogP contribution in [0.1, 0.15) is 47.5 Å². The number of nitro groups is 1. The number of benzene rings is 4. The lowest BCUT2D eigenvalue weighted by Gasteiger charge is -2.51. The summed E-state index contributed by atoms with van der Waals surface area (Å²) in [6.07, 6.45) is 2.60. The lowest BCUT2D eigenvalue weighted by Crippen LogP contribution is -2.52. The summed E-state index contributed by atoms with van der Waals surface area (Å²) in [6.45, 7) is 2.64. The van der Waals surface area contributed by atoms with Crippen LogP contribution in [0.5, 0.6) is 0 Å². The fourth-order valence-corrected chi connectivity index (χ4v) is 9.57. The lowest BCUT2D eigenvalue weighted by molar-refractivity contribution is -0.384. The minimum Gasteiger partial charge on any atom is -0.376 e. The molecule has 4 aromatic rings. The van der Waals surface area contributed by atoms with Crippen molar-refractivity contribution < 1.29 is 27.3 Å². The standard InChI is InChI=1S/C41H47FN6O6S2/c1-45(2)22-19-32(28-55-34-7-5-4-6-8-34)43-37-18-17-35(25-38(37)48(51)52)56(53,54)44-40(50)30-11-15-33(16-12-30)47-23-20-41(21-24-47)26-39(49)46(3)27-36(41)29-9-13-31(42)14-10-29/h4-18,25,32,36,43H,19-24,26-28H2,1-3H3,(H,44,50)/t32-,36?/m1/s1. The van der Waals surface area contributed by atoms with Crippen LogP contribution in [0.2, 0.25) is 0 Å². The first-order valence-corrected chi connectivity index (χ1v) is 21.0. The highest BCUT2D eigenvalue weighted by Gasteiger charge is 2.47. The van der Waals surface area contributed by atoms with Crippen LogP contribution in [-0.2, 0) is 14.8 Å². The molecule has 6 rings (SSSR count). The Labute approximate surface area is 331 Å². The van der Waals surface area contributed by atoms with Gasteiger partial charge in [0.25, 0.3) is 21.6 Å². The van der Waals surface area contributed by atoms with E-state index >= 15 is 0 Å². The van der Waals surface area contributed by atoms with Crippen molar-refractivity contribution in [2.75, 3.05) is 63.3 Å². The number of likely N-dealkylation sites (N-methyl/N-ethyl adjacent to an activating group) is 1. The molecule has 2 aliphatic rings. The highest BCUT2D eigenvalue weighted by molar-refractivity contribution is 7.99. The summed E-state index contributed by atoms with van der Waals surface area (Å²) < 4.78 is 42.5. The summed E-state index contributed by atoms with van der Waals surface area (Å²) in [4.78, 5) is 44.2. The fourth-order valence-electron chi connectivity index (χ4n) is 7.58. The molecule has 2 amide bonds. The molecule has 1 unspecified atom stereocenters. The Hall–Kier alpha value is -4.99. The third-order valence-electron chi connectivity index (χ3n) is 10.8. The normalized spacial score (nSPS) is 17.5. The second kappa shape index (κ2) is 17.4. The van der Waals surface area contributed by atoms with Crippen molar-refractivity contribution in [2.45, 2.75) is 47.4 Å². The Morgan fingerprint density at radius 3 is 2.34 bits per heavy atom. The molecule has 2 N–H and O–H groups in total. The Bertz CT molecular complexity index is 2130. The third kappa shape index (κ3) is 9.68. The summed E-state index contributed by atoms with van der Waals surface area (Å²) in [5.74, 6) is -0.370. The van der Waals surface area contributed by atoms with E-state index in [0.717, 1.165) is 41.6 Å². The average Bonchev–Trinajstić information content (AvgIpc) is 3.18. The van der Waals surface area contributed by atoms with Crippen molar-refractivity contribution in [1.82, 2.24) is 14.5 Å². The molecule has 0 saturated carbocycles. The molecular weight excluding hydrogens is 756 g/mol. The van der Waals surface area contributed by atoms with Crippen molar-refractivity contribution in [3.8, 4) is 0 Å². The maximum atomic E-state index is 13.7. The van der Waals surface area contributed by atoms with Crippen LogP contribution < -0.4 is 14.9 Å². The summed E-state index contributed by atoms with van der Waals surface area (Å²) in [5.41, 5.74) is 1.48. The number of nitro benzene ring substituents is 1. The van der Waals surface area contributed by atoms with Crippen molar-refractivity contribution >= 4 is 50.7 Å². The number of nitrogens with one attached hydrogen (secondary N) is 2. The number of rotatable bonds is 14. The number of halogens is 1. The molecule has 2 saturated heterocycles. The van der Waals surface area contributed by atoms with Crippen LogP contribution in [0.15, 0.2) is 107 Å². The Balaban J connectivity index is 1.10. The van der Waals surface area contributed by atoms with E-state index in [1.54, 1.807) is 48.0 Å². The number of carbonyl (C=O) groups excluding carboxylic acids is 2. The largest absolute Gasteiger partial charge is 0.376 e. The van der Waals surface area contributed by atoms with Gasteiger partial charge in [-0.05, 0) is 112 Å². The predicted molar refractivity (Wildman–Crippen MR) is 217 cm³/mol. The van der Waals surface area contributed by atoms with Crippen molar-refractivity contribution in [3.05, 3.63) is 124 Å². The first-order chi connectivity index (χ1) is 26.7. The number of sulfonamides is 1. The number of likely N-dealkylation sites (tertiary alicyclic amines) is 1. The van der Waals surface area contributed by atoms with Crippen LogP contribution in [0.3, 0.4) is 0 Å². The molecule has 1 spiro atoms. The number of carbonyl (C=O) groups is 2. The van der Waals surface area contributed by atoms with Crippen LogP contribution in [0.25, 0.3) is 0 Å². The Kier molecular flexibility index (Phi) is 12.7. The van der Waals surface area contributed by atoms with Gasteiger partial charge >= 0.3 is 0 Å². The fraction of sp³-hybridized carbons (Fsp3) is 0.366. The lowest BCUT2D eigenvalue weighted by atomic mass is 9.62. The number of anilines is 2. The molecule has 2 atom stereocenters. The van der Waals surface area contributed by atoms with Gasteiger partial charge in [-0.3, -0.25) is 19.7 Å². The molecule has 0 aromatic heterocycles. The number of thioether (sulfide) groups is 1. The van der Waals surface area contributed by atoms with Gasteiger partial charge in [-0.25, -0.2) is 17.5 Å². The van der Waals surface area contributed by atoms with Gasteiger partial charge in [-0.1, -0.05) is 30.3 Å². The monoisotopic (exact) mass is 802 g/mol. The number of piperidine rings is 2. The zero-order valence-corrected chi connectivity index (χ0v) is 33.3. The number of amides is 2. The molecule has 2 fully saturated rings. The summed E-state index contributed by atoms with van der Waals surface area (Å²) in [6, 6.07) is 26.4. The molecule has 4 aromatic carbocycles. The molecule has 15 heteroatoms. The van der Waals surface area contributed by atoms with E-state index in [4.69, 9.17) is 0 Å². The van der Waals surface area contributed by atoms with Crippen molar-refractivity contribution in [1.29, 1.82) is 0 Å². The first-order valence-electron chi connectivity index (χ1n) is 18.5. The van der Waals surface area contributed by atoms with Crippen LogP contribution in [0.4, 0.5) is 21.5 Å². The van der Waals surface area contributed by atoms with E-state index in [2.05, 4.69) is 14.9 Å². The van der Waals surface area contributed by atoms with Gasteiger partial charge < -0.3 is 20.0 Å². The van der Waals surface area contributed by atoms with E-state index in [1.165, 1.54) is 24.3 Å². The van der Waals surface area contributed by atoms with Gasteiger partial charge in [0.05, 0.1) is 9.82 Å². The summed E-state index contributed by atoms with van der Waals surface area (Å²) >= 11 is 1.62. The third-order valence-corrected chi connectivity index (χ3v) is 13.3. The summed E-state index contributed by atoms with van der Waals surface area (Å²) in [5, 5.41) is 15.4. The molecular formula is C41H47FN6O6S2. The second-order valence-corrected chi connectivity index (χ2v) is 17.7. The number of hydrogen-bond acceptors (Lipinski definition) is 10. The summed E-state index contributed by atoms with van der Waals surface area (Å²) in [7, 11) is 1.23. The molecule has 12 nitrogen and oxygen atoms in total. The maximum Gasteiger partial charge on any atom is 0.293 e. The quantitative estimate of drug-likeness (QED) is 0.0812. The van der Waals surface area contributed by atoms with E-state index in [-0.39, 0.29) is 40.3 Å². The van der Waals surface area contributed by atoms with E-state index in [1.807, 2.05) is 61.5 Å². The smallest absolute Gasteiger partial charge is 0.293 e. The van der Waals surface area contributed by atoms with Gasteiger partial charge in [-0.15, -0.1) is 11.8 Å². The molecule has 0 bridgehead atoms. The van der Waals surface area contributed by atoms with Gasteiger partial charge in [0.2, 0.25) is 5.91 Å². The SMILES string of the molecule is CN(C)CC[C@H](CSc1ccccc1)Nc1ccc(S(=O)(=O)NC(=O)c2ccc(N3CCC4(CC3)CC(=O)N(C)CC4c3ccc(F)cc3)cc2)cc1[N+](=O)[O-]. The first kappa shape index (κ1) is 40.7. The van der Waals surface area contributed by atoms with Crippen LogP contribution in [0, 0.1) is 21.3 Å². The van der Waals surface area contributed by atoms with Gasteiger partial charge in [0, 0.05) is 73.0 Å². The molecule has 56 heavy (non-hydrogen) atoms. The van der Waals surface area contributed by atoms with Gasteiger partial charge in [0.1, 0.15) is 11.5 Å². The molecule has 0 aliphatic carbocycles. The molecule has 296 valence electrons. The van der Waals surface area contributed by atoms with Crippen LogP contribution >= 0.6 is 11.8 Å². The highest BCUT2D eigenvalue weighted by Crippen LogP contribution is 2.50. The number of nitrogens with zero attached hydrogens (tertiary/aromatic N) is 4. The minimum absolute atomic E-state index is 0.0731. The van der Waals surface area contributed by atoms with Crippen molar-refractivity contribution in [2.24, 2.45) is 5.41 Å². The Morgan fingerprint density at radius 1 is 1.02 bits per heavy atom. The average molecular weight is 803 g/mol. The minimum atomic E-state index is -4.47. The highest BCUT2D eigenvalue weighted by atomic mass is 32.2. The number of hydrogen-bond donors (Lipinski definition) is 2. The maximum absolute atomic E-state index is 13.7. The van der Waals surface area contributed by atoms with E-state index < -0.39 is 31.4 Å². The zero-order valence-electron chi connectivity index (χ0n) is 31.7. The predicted octanol–water partition coefficient (Wildman–Crippen LogP) is 6.61. The zero-order chi connectivity index (χ0) is 40.0. The van der Waals surface area contributed by atoms with Gasteiger partial charge in [-0.2, -0.15) is 0 Å². The Morgan fingerprint density at radius 2 is 1.70 bits per heavy atom. The van der Waals surface area contributed by atoms with E-state index in [0.29, 0.717) is 38.2 Å². The topological polar surface area (TPSA) is 145 Å². The second-order valence-electron chi connectivity index (χ2n) is 14.9. The van der Waals surface area contributed by atoms with Crippen molar-refractivity contribution in [3.63, 3.8) is 0 Å². The molecule has 2 aliphatic heterocycles. The van der Waals surface area contributed by atoms with Crippen LogP contribution in [-0.4, -0.2) is 94.1 Å². The molecule has 0 radical (unpaired) electrons. The van der Waals surface area contributed by atoms with E-state index in [9.17, 15) is 32.5 Å². The van der Waals surface area contributed by atoms with Gasteiger partial charge in [0.15, 0.2) is 0 Å². The molecule has 2 heterocycles.